The van der Waals surface area contributed by atoms with E-state index >= 15 is 0 Å². The van der Waals surface area contributed by atoms with Crippen LogP contribution in [0, 0.1) is 21.7 Å². The van der Waals surface area contributed by atoms with E-state index in [-0.39, 0.29) is 39.3 Å². The summed E-state index contributed by atoms with van der Waals surface area (Å²) in [5.74, 6) is -11.1. The Morgan fingerprint density at radius 3 is 0.624 bits per heavy atom. The van der Waals surface area contributed by atoms with Crippen molar-refractivity contribution in [3.05, 3.63) is 224 Å². The Balaban J connectivity index is 0. The number of carboxylic acids is 1. The van der Waals surface area contributed by atoms with E-state index in [1.54, 1.807) is 0 Å². The SMILES string of the molecule is C.C=CC(=O)OCC(COCC(COC(=O)C=C)(COC(=O)C=C)COC(=O)C=C)(COC(=O)C=C)COC(=O)C=C.C=CC(=O)OCC(COCC(COC(=O)C=C)(COC(=O)C=C)COC(=O)CCC(=O)O)(COC(=O)C=C)COC(=O)C=C.C=CC(=O)OCCOc1ccc(C(C)(C)c2ccc(OCCOC(=O)C=C)cc2)cc1. The van der Waals surface area contributed by atoms with E-state index in [0.29, 0.717) is 11.5 Å². The molecule has 0 unspecified atom stereocenters. The summed E-state index contributed by atoms with van der Waals surface area (Å²) in [7, 11) is 0. The Morgan fingerprint density at radius 1 is 0.265 bits per heavy atom. The van der Waals surface area contributed by atoms with Crippen LogP contribution in [0.1, 0.15) is 45.2 Å². The van der Waals surface area contributed by atoms with Crippen LogP contribution in [0.4, 0.5) is 0 Å². The molecule has 0 amide bonds. The number of aliphatic carboxylic acids is 1. The zero-order chi connectivity index (χ0) is 87.6. The first kappa shape index (κ1) is 106. The molecule has 34 heteroatoms. The van der Waals surface area contributed by atoms with Gasteiger partial charge in [-0.25, -0.2) is 62.3 Å². The Bertz CT molecular complexity index is 3420. The molecule has 0 spiro atoms. The molecule has 0 heterocycles. The van der Waals surface area contributed by atoms with Crippen molar-refractivity contribution in [3.8, 4) is 11.5 Å². The van der Waals surface area contributed by atoms with Crippen molar-refractivity contribution >= 4 is 89.5 Å². The van der Waals surface area contributed by atoms with Crippen molar-refractivity contribution in [2.45, 2.75) is 39.5 Å². The van der Waals surface area contributed by atoms with Gasteiger partial charge in [-0.05, 0) is 35.4 Å². The topological polar surface area (TPSA) is 442 Å². The van der Waals surface area contributed by atoms with Crippen LogP contribution >= 0.6 is 0 Å². The second-order valence-corrected chi connectivity index (χ2v) is 24.6. The highest BCUT2D eigenvalue weighted by Crippen LogP contribution is 2.34. The monoisotopic (exact) mass is 1640 g/mol. The van der Waals surface area contributed by atoms with Crippen molar-refractivity contribution < 1.29 is 162 Å². The van der Waals surface area contributed by atoms with Crippen LogP contribution in [0.2, 0.25) is 0 Å². The van der Waals surface area contributed by atoms with Gasteiger partial charge < -0.3 is 90.4 Å². The van der Waals surface area contributed by atoms with Crippen LogP contribution in [0.15, 0.2) is 213 Å². The summed E-state index contributed by atoms with van der Waals surface area (Å²) >= 11 is 0. The molecular weight excluding hydrogens is 1540 g/mol. The van der Waals surface area contributed by atoms with Crippen LogP contribution < -0.4 is 9.47 Å². The Hall–Kier alpha value is -13.4. The van der Waals surface area contributed by atoms with Crippen molar-refractivity contribution in [2.24, 2.45) is 21.7 Å². The first-order valence-corrected chi connectivity index (χ1v) is 34.4. The summed E-state index contributed by atoms with van der Waals surface area (Å²) in [4.78, 5) is 175. The average molecular weight is 1640 g/mol. The number of hydrogen-bond acceptors (Lipinski definition) is 33. The summed E-state index contributed by atoms with van der Waals surface area (Å²) in [6, 6.07) is 15.7. The minimum atomic E-state index is -1.60. The molecule has 0 radical (unpaired) electrons. The Morgan fingerprint density at radius 2 is 0.444 bits per heavy atom. The van der Waals surface area contributed by atoms with E-state index in [2.05, 4.69) is 99.4 Å². The molecule has 0 aliphatic carbocycles. The lowest BCUT2D eigenvalue weighted by Crippen LogP contribution is -2.47. The molecule has 0 aliphatic heterocycles. The van der Waals surface area contributed by atoms with Gasteiger partial charge in [0.05, 0.1) is 60.9 Å². The highest BCUT2D eigenvalue weighted by atomic mass is 16.6. The van der Waals surface area contributed by atoms with Gasteiger partial charge in [0.1, 0.15) is 117 Å². The highest BCUT2D eigenvalue weighted by molar-refractivity contribution is 5.86. The van der Waals surface area contributed by atoms with Crippen LogP contribution in [0.3, 0.4) is 0 Å². The quantitative estimate of drug-likeness (QED) is 0.0295. The van der Waals surface area contributed by atoms with Crippen LogP contribution in [-0.4, -0.2) is 227 Å². The predicted octanol–water partition coefficient (Wildman–Crippen LogP) is 7.25. The largest absolute Gasteiger partial charge is 0.490 e. The summed E-state index contributed by atoms with van der Waals surface area (Å²) in [5.41, 5.74) is -4.10. The number of carboxylic acid groups (broad SMARTS) is 1. The van der Waals surface area contributed by atoms with Gasteiger partial charge in [-0.2, -0.15) is 0 Å². The number of ether oxygens (including phenoxy) is 18. The lowest BCUT2D eigenvalue weighted by atomic mass is 9.78. The fraction of sp³-hybridized carbons (Fsp3) is 0.361. The first-order chi connectivity index (χ1) is 55.1. The average Bonchev–Trinajstić information content (AvgIpc) is 0.809. The number of esters is 14. The molecule has 0 saturated carbocycles. The molecule has 117 heavy (non-hydrogen) atoms. The molecule has 0 bridgehead atoms. The molecule has 0 saturated heterocycles. The lowest BCUT2D eigenvalue weighted by Gasteiger charge is -2.35. The smallest absolute Gasteiger partial charge is 0.330 e. The van der Waals surface area contributed by atoms with E-state index < -0.39 is 230 Å². The molecular formula is C83H102O34. The summed E-state index contributed by atoms with van der Waals surface area (Å²) in [5, 5.41) is 8.84. The Kier molecular flexibility index (Phi) is 52.8. The number of hydrogen-bond donors (Lipinski definition) is 1. The maximum Gasteiger partial charge on any atom is 0.330 e. The van der Waals surface area contributed by atoms with Gasteiger partial charge >= 0.3 is 89.5 Å². The molecule has 0 aromatic heterocycles. The van der Waals surface area contributed by atoms with Gasteiger partial charge in [0.2, 0.25) is 0 Å². The third-order valence-corrected chi connectivity index (χ3v) is 15.0. The first-order valence-electron chi connectivity index (χ1n) is 34.4. The minimum Gasteiger partial charge on any atom is -0.490 e. The fourth-order valence-electron chi connectivity index (χ4n) is 8.42. The summed E-state index contributed by atoms with van der Waals surface area (Å²) in [6.45, 7) is 40.1. The second kappa shape index (κ2) is 58.5. The molecule has 2 aromatic carbocycles. The third-order valence-electron chi connectivity index (χ3n) is 15.0. The molecule has 1 N–H and O–H groups in total. The van der Waals surface area contributed by atoms with Gasteiger partial charge in [0.15, 0.2) is 0 Å². The van der Waals surface area contributed by atoms with E-state index in [1.165, 1.54) is 0 Å². The van der Waals surface area contributed by atoms with Crippen LogP contribution in [0.25, 0.3) is 0 Å². The second-order valence-electron chi connectivity index (χ2n) is 24.6. The normalized spacial score (nSPS) is 10.5. The van der Waals surface area contributed by atoms with E-state index in [9.17, 15) is 71.9 Å². The zero-order valence-electron chi connectivity index (χ0n) is 64.8. The van der Waals surface area contributed by atoms with Crippen molar-refractivity contribution in [3.63, 3.8) is 0 Å². The summed E-state index contributed by atoms with van der Waals surface area (Å²) in [6.07, 6.45) is 10.8. The number of rotatable bonds is 58. The van der Waals surface area contributed by atoms with E-state index in [4.69, 9.17) is 90.4 Å². The van der Waals surface area contributed by atoms with Gasteiger partial charge in [-0.1, -0.05) is 131 Å². The lowest BCUT2D eigenvalue weighted by molar-refractivity contribution is -0.174. The fourth-order valence-corrected chi connectivity index (χ4v) is 8.42. The van der Waals surface area contributed by atoms with Crippen molar-refractivity contribution in [1.29, 1.82) is 0 Å². The van der Waals surface area contributed by atoms with Gasteiger partial charge in [0.25, 0.3) is 0 Å². The van der Waals surface area contributed by atoms with Gasteiger partial charge in [-0.15, -0.1) is 0 Å². The number of benzene rings is 2. The van der Waals surface area contributed by atoms with Crippen LogP contribution in [0.5, 0.6) is 11.5 Å². The molecule has 2 rings (SSSR count). The molecule has 2 aromatic rings. The standard InChI is InChI=1S/C29H36O15.C28H34O13.C25H28O6.CH4/c1-6-22(32)39-15-28(16-40-23(33)7-2,17-41-24(34)8-3)13-38-14-29(18-42-25(35)9-4,19-43-26(36)10-5)20-44-27(37)12-11-21(30)31;1-7-21(29)36-15-27(16-37-22(30)8-2,17-38-23(31)9-3)13-35-14-28(18-39-24(32)10-4,19-40-25(33)11-5)20-41-26(34)12-6;1-5-23(26)30-17-15-28-21-11-7-19(8-12-21)25(3,4)20-9-13-22(14-10-20)29-16-18-31-24(27)6-2;/h6-10H,1-5,11-20H2,(H,30,31);7-12H,1-6,13-20H2;5-14H,1-2,15-18H2,3-4H3;1H4. The third kappa shape index (κ3) is 45.2. The van der Waals surface area contributed by atoms with Crippen molar-refractivity contribution in [2.75, 3.05) is 132 Å². The Labute approximate surface area is 678 Å². The van der Waals surface area contributed by atoms with Crippen molar-refractivity contribution in [1.82, 2.24) is 0 Å². The molecule has 0 atom stereocenters. The number of carbonyl (C=O) groups excluding carboxylic acids is 14. The van der Waals surface area contributed by atoms with Crippen LogP contribution in [-0.2, 0) is 153 Å². The molecule has 638 valence electrons. The maximum absolute atomic E-state index is 12.2. The van der Waals surface area contributed by atoms with Gasteiger partial charge in [0, 0.05) is 84.4 Å². The zero-order valence-corrected chi connectivity index (χ0v) is 64.8. The predicted molar refractivity (Wildman–Crippen MR) is 417 cm³/mol. The minimum absolute atomic E-state index is 0. The number of carbonyl (C=O) groups is 15. The summed E-state index contributed by atoms with van der Waals surface area (Å²) < 4.78 is 94.4. The highest BCUT2D eigenvalue weighted by Gasteiger charge is 2.43. The molecule has 0 aliphatic rings. The van der Waals surface area contributed by atoms with E-state index in [1.807, 2.05) is 48.5 Å². The molecule has 0 fully saturated rings. The van der Waals surface area contributed by atoms with E-state index in [0.717, 1.165) is 90.1 Å². The molecule has 34 nitrogen and oxygen atoms in total. The van der Waals surface area contributed by atoms with Gasteiger partial charge in [-0.3, -0.25) is 9.59 Å². The maximum atomic E-state index is 12.2.